The molecule has 34 heavy (non-hydrogen) atoms. The predicted molar refractivity (Wildman–Crippen MR) is 127 cm³/mol. The summed E-state index contributed by atoms with van der Waals surface area (Å²) in [7, 11) is 1.35. The van der Waals surface area contributed by atoms with Gasteiger partial charge in [0.1, 0.15) is 5.69 Å². The van der Waals surface area contributed by atoms with Crippen molar-refractivity contribution in [1.29, 1.82) is 0 Å². The van der Waals surface area contributed by atoms with Crippen LogP contribution in [0.4, 0.5) is 22.7 Å². The van der Waals surface area contributed by atoms with Crippen molar-refractivity contribution in [3.8, 4) is 5.75 Å². The van der Waals surface area contributed by atoms with E-state index >= 15 is 0 Å². The molecule has 4 rings (SSSR count). The number of benzene rings is 2. The molecule has 2 aromatic carbocycles. The Hall–Kier alpha value is -3.89. The van der Waals surface area contributed by atoms with Gasteiger partial charge in [-0.1, -0.05) is 0 Å². The first-order valence-corrected chi connectivity index (χ1v) is 11.3. The van der Waals surface area contributed by atoms with Gasteiger partial charge < -0.3 is 19.4 Å². The second kappa shape index (κ2) is 9.94. The van der Waals surface area contributed by atoms with Crippen LogP contribution in [0.25, 0.3) is 0 Å². The number of nitro benzene ring substituents is 2. The van der Waals surface area contributed by atoms with Gasteiger partial charge in [0.05, 0.1) is 17.0 Å². The summed E-state index contributed by atoms with van der Waals surface area (Å²) >= 11 is 0. The topological polar surface area (TPSA) is 122 Å². The van der Waals surface area contributed by atoms with Crippen LogP contribution in [0.3, 0.4) is 0 Å². The van der Waals surface area contributed by atoms with Gasteiger partial charge in [-0.25, -0.2) is 0 Å². The number of piperazine rings is 1. The Morgan fingerprint density at radius 2 is 1.50 bits per heavy atom. The maximum atomic E-state index is 13.0. The number of amides is 1. The Bertz CT molecular complexity index is 1090. The van der Waals surface area contributed by atoms with Crippen molar-refractivity contribution in [2.45, 2.75) is 19.3 Å². The zero-order valence-corrected chi connectivity index (χ0v) is 19.0. The fourth-order valence-electron chi connectivity index (χ4n) is 4.57. The van der Waals surface area contributed by atoms with E-state index in [1.807, 2.05) is 6.07 Å². The molecule has 0 radical (unpaired) electrons. The summed E-state index contributed by atoms with van der Waals surface area (Å²) in [5.74, 6) is -0.169. The van der Waals surface area contributed by atoms with Gasteiger partial charge in [-0.15, -0.1) is 0 Å². The van der Waals surface area contributed by atoms with Crippen LogP contribution < -0.4 is 14.5 Å². The molecule has 0 aromatic heterocycles. The normalized spacial score (nSPS) is 16.3. The molecule has 0 bridgehead atoms. The number of nitrogens with zero attached hydrogens (tertiary/aromatic N) is 5. The molecule has 11 nitrogen and oxygen atoms in total. The molecule has 2 aromatic rings. The minimum absolute atomic E-state index is 0.106. The van der Waals surface area contributed by atoms with Gasteiger partial charge in [0.15, 0.2) is 5.75 Å². The molecule has 2 aliphatic heterocycles. The number of anilines is 2. The zero-order chi connectivity index (χ0) is 24.2. The predicted octanol–water partition coefficient (Wildman–Crippen LogP) is 3.46. The molecule has 0 unspecified atom stereocenters. The standard InChI is InChI=1S/C23H27N5O6/c1-34-22-8-5-17(15-21(22)28(32)33)23(29)26-13-11-24(12-14-26)18-6-7-19(27(30)31)20(16-18)25-9-3-2-4-10-25/h5-8,15-16H,2-4,9-14H2,1H3. The summed E-state index contributed by atoms with van der Waals surface area (Å²) < 4.78 is 5.01. The molecule has 2 fully saturated rings. The largest absolute Gasteiger partial charge is 0.490 e. The van der Waals surface area contributed by atoms with Gasteiger partial charge in [-0.05, 0) is 43.5 Å². The Morgan fingerprint density at radius 3 is 2.12 bits per heavy atom. The Labute approximate surface area is 196 Å². The number of ether oxygens (including phenoxy) is 1. The van der Waals surface area contributed by atoms with Crippen LogP contribution in [-0.4, -0.2) is 67.0 Å². The van der Waals surface area contributed by atoms with Crippen LogP contribution in [0.15, 0.2) is 36.4 Å². The molecule has 1 amide bonds. The fourth-order valence-corrected chi connectivity index (χ4v) is 4.57. The van der Waals surface area contributed by atoms with Crippen LogP contribution in [0.2, 0.25) is 0 Å². The van der Waals surface area contributed by atoms with E-state index in [1.54, 1.807) is 17.0 Å². The second-order valence-electron chi connectivity index (χ2n) is 8.40. The molecule has 180 valence electrons. The summed E-state index contributed by atoms with van der Waals surface area (Å²) in [6.07, 6.45) is 3.18. The molecular formula is C23H27N5O6. The molecule has 0 saturated carbocycles. The number of hydrogen-bond donors (Lipinski definition) is 0. The number of nitro groups is 2. The highest BCUT2D eigenvalue weighted by Gasteiger charge is 2.27. The lowest BCUT2D eigenvalue weighted by Gasteiger charge is -2.37. The van der Waals surface area contributed by atoms with Crippen molar-refractivity contribution >= 4 is 28.7 Å². The molecule has 0 spiro atoms. The number of methoxy groups -OCH3 is 1. The molecule has 0 atom stereocenters. The van der Waals surface area contributed by atoms with Gasteiger partial charge in [-0.3, -0.25) is 25.0 Å². The highest BCUT2D eigenvalue weighted by Crippen LogP contribution is 2.35. The molecule has 2 aliphatic rings. The molecule has 2 heterocycles. The van der Waals surface area contributed by atoms with Crippen LogP contribution in [0.1, 0.15) is 29.6 Å². The van der Waals surface area contributed by atoms with E-state index < -0.39 is 4.92 Å². The Morgan fingerprint density at radius 1 is 0.824 bits per heavy atom. The molecule has 0 aliphatic carbocycles. The first kappa shape index (κ1) is 23.3. The maximum Gasteiger partial charge on any atom is 0.311 e. The third-order valence-corrected chi connectivity index (χ3v) is 6.41. The third kappa shape index (κ3) is 4.73. The minimum Gasteiger partial charge on any atom is -0.490 e. The number of rotatable bonds is 6. The van der Waals surface area contributed by atoms with Crippen LogP contribution in [0.5, 0.6) is 5.75 Å². The average Bonchev–Trinajstić information content (AvgIpc) is 2.88. The fraction of sp³-hybridized carbons (Fsp3) is 0.435. The monoisotopic (exact) mass is 469 g/mol. The van der Waals surface area contributed by atoms with E-state index in [-0.39, 0.29) is 33.5 Å². The first-order chi connectivity index (χ1) is 16.4. The quantitative estimate of drug-likeness (QED) is 0.466. The molecular weight excluding hydrogens is 442 g/mol. The van der Waals surface area contributed by atoms with Gasteiger partial charge in [0, 0.05) is 62.7 Å². The van der Waals surface area contributed by atoms with Gasteiger partial charge in [0.2, 0.25) is 0 Å². The van der Waals surface area contributed by atoms with E-state index in [9.17, 15) is 25.0 Å². The van der Waals surface area contributed by atoms with E-state index in [0.717, 1.165) is 38.0 Å². The van der Waals surface area contributed by atoms with Crippen LogP contribution in [-0.2, 0) is 0 Å². The van der Waals surface area contributed by atoms with Crippen molar-refractivity contribution in [1.82, 2.24) is 4.90 Å². The number of hydrogen-bond acceptors (Lipinski definition) is 8. The number of carbonyl (C=O) groups excluding carboxylic acids is 1. The lowest BCUT2D eigenvalue weighted by molar-refractivity contribution is -0.385. The highest BCUT2D eigenvalue weighted by atomic mass is 16.6. The van der Waals surface area contributed by atoms with Crippen molar-refractivity contribution in [3.63, 3.8) is 0 Å². The van der Waals surface area contributed by atoms with Gasteiger partial charge in [-0.2, -0.15) is 0 Å². The summed E-state index contributed by atoms with van der Waals surface area (Å²) in [6, 6.07) is 9.41. The molecule has 2 saturated heterocycles. The summed E-state index contributed by atoms with van der Waals surface area (Å²) in [4.78, 5) is 40.8. The SMILES string of the molecule is COc1ccc(C(=O)N2CCN(c3ccc([N+](=O)[O-])c(N4CCCCC4)c3)CC2)cc1[N+](=O)[O-]. The third-order valence-electron chi connectivity index (χ3n) is 6.41. The summed E-state index contributed by atoms with van der Waals surface area (Å²) in [6.45, 7) is 3.60. The smallest absolute Gasteiger partial charge is 0.311 e. The maximum absolute atomic E-state index is 13.0. The van der Waals surface area contributed by atoms with E-state index in [1.165, 1.54) is 25.3 Å². The zero-order valence-electron chi connectivity index (χ0n) is 19.0. The number of piperidine rings is 1. The Kier molecular flexibility index (Phi) is 6.80. The van der Waals surface area contributed by atoms with E-state index in [4.69, 9.17) is 4.74 Å². The Balaban J connectivity index is 1.47. The lowest BCUT2D eigenvalue weighted by Crippen LogP contribution is -2.48. The number of carbonyl (C=O) groups is 1. The summed E-state index contributed by atoms with van der Waals surface area (Å²) in [5, 5.41) is 22.9. The van der Waals surface area contributed by atoms with Gasteiger partial charge in [0.25, 0.3) is 11.6 Å². The van der Waals surface area contributed by atoms with Crippen molar-refractivity contribution in [2.75, 3.05) is 56.2 Å². The van der Waals surface area contributed by atoms with Gasteiger partial charge >= 0.3 is 5.69 Å². The molecule has 0 N–H and O–H groups in total. The molecule has 11 heteroatoms. The minimum atomic E-state index is -0.567. The second-order valence-corrected chi connectivity index (χ2v) is 8.40. The lowest BCUT2D eigenvalue weighted by atomic mass is 10.1. The van der Waals surface area contributed by atoms with E-state index in [0.29, 0.717) is 31.9 Å². The van der Waals surface area contributed by atoms with E-state index in [2.05, 4.69) is 9.80 Å². The highest BCUT2D eigenvalue weighted by molar-refractivity contribution is 5.95. The van der Waals surface area contributed by atoms with Crippen molar-refractivity contribution in [2.24, 2.45) is 0 Å². The average molecular weight is 469 g/mol. The van der Waals surface area contributed by atoms with Crippen LogP contribution >= 0.6 is 0 Å². The first-order valence-electron chi connectivity index (χ1n) is 11.3. The van der Waals surface area contributed by atoms with Crippen molar-refractivity contribution < 1.29 is 19.4 Å². The van der Waals surface area contributed by atoms with Crippen LogP contribution in [0, 0.1) is 20.2 Å². The van der Waals surface area contributed by atoms with Crippen molar-refractivity contribution in [3.05, 3.63) is 62.2 Å². The summed E-state index contributed by atoms with van der Waals surface area (Å²) in [5.41, 5.74) is 1.64.